The van der Waals surface area contributed by atoms with Gasteiger partial charge >= 0.3 is 5.97 Å². The summed E-state index contributed by atoms with van der Waals surface area (Å²) in [5.74, 6) is -3.89. The van der Waals surface area contributed by atoms with Crippen LogP contribution < -0.4 is 0 Å². The molecule has 4 heteroatoms. The Morgan fingerprint density at radius 1 is 1.31 bits per heavy atom. The molecular formula is C9H14F2O2. The summed E-state index contributed by atoms with van der Waals surface area (Å²) in [7, 11) is 0. The van der Waals surface area contributed by atoms with Crippen LogP contribution >= 0.6 is 0 Å². The van der Waals surface area contributed by atoms with Gasteiger partial charge in [-0.25, -0.2) is 8.78 Å². The Hall–Kier alpha value is -0.670. The van der Waals surface area contributed by atoms with Crippen LogP contribution in [0.25, 0.3) is 0 Å². The molecule has 0 amide bonds. The molecule has 1 N–H and O–H groups in total. The van der Waals surface area contributed by atoms with Crippen molar-refractivity contribution in [1.29, 1.82) is 0 Å². The number of aliphatic carboxylic acids is 1. The second-order valence-electron chi connectivity index (χ2n) is 4.85. The topological polar surface area (TPSA) is 37.3 Å². The zero-order valence-corrected chi connectivity index (χ0v) is 8.03. The van der Waals surface area contributed by atoms with Crippen molar-refractivity contribution in [2.45, 2.75) is 39.5 Å². The molecule has 2 nitrogen and oxygen atoms in total. The molecule has 1 aliphatic rings. The third-order valence-corrected chi connectivity index (χ3v) is 2.97. The highest BCUT2D eigenvalue weighted by molar-refractivity contribution is 5.77. The normalized spacial score (nSPS) is 25.0. The van der Waals surface area contributed by atoms with Gasteiger partial charge in [0.25, 0.3) is 0 Å². The van der Waals surface area contributed by atoms with Gasteiger partial charge in [0.05, 0.1) is 5.41 Å². The molecule has 0 bridgehead atoms. The Balaban J connectivity index is 2.91. The molecule has 0 atom stereocenters. The minimum absolute atomic E-state index is 0.529. The van der Waals surface area contributed by atoms with Crippen LogP contribution in [0.3, 0.4) is 0 Å². The molecule has 0 aliphatic heterocycles. The predicted molar refractivity (Wildman–Crippen MR) is 43.7 cm³/mol. The Kier molecular flexibility index (Phi) is 1.94. The number of carboxylic acid groups (broad SMARTS) is 1. The van der Waals surface area contributed by atoms with E-state index in [0.717, 1.165) is 0 Å². The van der Waals surface area contributed by atoms with Crippen LogP contribution in [0.1, 0.15) is 33.6 Å². The van der Waals surface area contributed by atoms with E-state index in [9.17, 15) is 13.6 Å². The fourth-order valence-electron chi connectivity index (χ4n) is 1.83. The van der Waals surface area contributed by atoms with Crippen molar-refractivity contribution >= 4 is 5.97 Å². The second kappa shape index (κ2) is 2.42. The summed E-state index contributed by atoms with van der Waals surface area (Å²) in [4.78, 5) is 10.9. The van der Waals surface area contributed by atoms with Gasteiger partial charge in [-0.2, -0.15) is 0 Å². The van der Waals surface area contributed by atoms with E-state index in [2.05, 4.69) is 0 Å². The summed E-state index contributed by atoms with van der Waals surface area (Å²) in [6.07, 6.45) is -1.06. The fourth-order valence-corrected chi connectivity index (χ4v) is 1.83. The van der Waals surface area contributed by atoms with Crippen molar-refractivity contribution in [2.75, 3.05) is 0 Å². The number of carbonyl (C=O) groups is 1. The van der Waals surface area contributed by atoms with Crippen LogP contribution in [-0.2, 0) is 4.79 Å². The minimum atomic E-state index is -2.79. The van der Waals surface area contributed by atoms with E-state index >= 15 is 0 Å². The molecule has 0 saturated heterocycles. The van der Waals surface area contributed by atoms with Crippen LogP contribution in [0.15, 0.2) is 0 Å². The van der Waals surface area contributed by atoms with Gasteiger partial charge in [0, 0.05) is 12.8 Å². The number of carboxylic acids is 1. The summed E-state index contributed by atoms with van der Waals surface area (Å²) in [5, 5.41) is 8.92. The summed E-state index contributed by atoms with van der Waals surface area (Å²) in [6.45, 7) is 5.07. The first kappa shape index (κ1) is 10.4. The van der Waals surface area contributed by atoms with E-state index in [0.29, 0.717) is 0 Å². The standard InChI is InChI=1S/C9H14F2O2/c1-7(2,3)8(6(12)13)4-9(10,11)5-8/h4-5H2,1-3H3,(H,12,13). The summed E-state index contributed by atoms with van der Waals surface area (Å²) >= 11 is 0. The molecule has 0 aromatic heterocycles. The molecule has 0 heterocycles. The van der Waals surface area contributed by atoms with E-state index in [4.69, 9.17) is 5.11 Å². The number of alkyl halides is 2. The first-order chi connectivity index (χ1) is 5.61. The average molecular weight is 192 g/mol. The first-order valence-electron chi connectivity index (χ1n) is 4.22. The quantitative estimate of drug-likeness (QED) is 0.693. The van der Waals surface area contributed by atoms with Gasteiger partial charge in [-0.05, 0) is 5.41 Å². The summed E-state index contributed by atoms with van der Waals surface area (Å²) in [5.41, 5.74) is -1.85. The number of halogens is 2. The molecule has 1 rings (SSSR count). The molecule has 0 radical (unpaired) electrons. The SMILES string of the molecule is CC(C)(C)C1(C(=O)O)CC(F)(F)C1. The Morgan fingerprint density at radius 3 is 1.77 bits per heavy atom. The number of rotatable bonds is 1. The largest absolute Gasteiger partial charge is 0.481 e. The van der Waals surface area contributed by atoms with E-state index in [-0.39, 0.29) is 0 Å². The van der Waals surface area contributed by atoms with E-state index < -0.39 is 35.6 Å². The molecule has 76 valence electrons. The highest BCUT2D eigenvalue weighted by Crippen LogP contribution is 2.60. The van der Waals surface area contributed by atoms with Gasteiger partial charge in [-0.15, -0.1) is 0 Å². The Morgan fingerprint density at radius 2 is 1.69 bits per heavy atom. The van der Waals surface area contributed by atoms with Gasteiger partial charge in [-0.1, -0.05) is 20.8 Å². The third-order valence-electron chi connectivity index (χ3n) is 2.97. The lowest BCUT2D eigenvalue weighted by atomic mass is 9.53. The molecule has 1 saturated carbocycles. The molecule has 1 aliphatic carbocycles. The van der Waals surface area contributed by atoms with Crippen LogP contribution in [0.2, 0.25) is 0 Å². The lowest BCUT2D eigenvalue weighted by Gasteiger charge is -2.51. The summed E-state index contributed by atoms with van der Waals surface area (Å²) < 4.78 is 25.3. The van der Waals surface area contributed by atoms with E-state index in [1.54, 1.807) is 20.8 Å². The molecule has 0 unspecified atom stereocenters. The molecule has 13 heavy (non-hydrogen) atoms. The van der Waals surface area contributed by atoms with Gasteiger partial charge < -0.3 is 5.11 Å². The van der Waals surface area contributed by atoms with Crippen LogP contribution in [0.4, 0.5) is 8.78 Å². The lowest BCUT2D eigenvalue weighted by molar-refractivity contribution is -0.217. The zero-order valence-electron chi connectivity index (χ0n) is 8.03. The number of hydrogen-bond acceptors (Lipinski definition) is 1. The number of hydrogen-bond donors (Lipinski definition) is 1. The van der Waals surface area contributed by atoms with Crippen LogP contribution in [0.5, 0.6) is 0 Å². The van der Waals surface area contributed by atoms with Crippen molar-refractivity contribution in [1.82, 2.24) is 0 Å². The predicted octanol–water partition coefficient (Wildman–Crippen LogP) is 2.53. The van der Waals surface area contributed by atoms with Gasteiger partial charge in [0.15, 0.2) is 0 Å². The smallest absolute Gasteiger partial charge is 0.310 e. The maximum absolute atomic E-state index is 12.7. The Labute approximate surface area is 75.9 Å². The zero-order chi connectivity index (χ0) is 10.5. The average Bonchev–Trinajstić information content (AvgIpc) is 1.78. The van der Waals surface area contributed by atoms with Gasteiger partial charge in [-0.3, -0.25) is 4.79 Å². The second-order valence-corrected chi connectivity index (χ2v) is 4.85. The fraction of sp³-hybridized carbons (Fsp3) is 0.889. The van der Waals surface area contributed by atoms with E-state index in [1.807, 2.05) is 0 Å². The maximum atomic E-state index is 12.7. The highest BCUT2D eigenvalue weighted by atomic mass is 19.3. The lowest BCUT2D eigenvalue weighted by Crippen LogP contribution is -2.57. The first-order valence-corrected chi connectivity index (χ1v) is 4.22. The van der Waals surface area contributed by atoms with Crippen LogP contribution in [0, 0.1) is 10.8 Å². The summed E-state index contributed by atoms with van der Waals surface area (Å²) in [6, 6.07) is 0. The van der Waals surface area contributed by atoms with Crippen molar-refractivity contribution in [3.8, 4) is 0 Å². The minimum Gasteiger partial charge on any atom is -0.481 e. The van der Waals surface area contributed by atoms with Crippen molar-refractivity contribution in [3.05, 3.63) is 0 Å². The monoisotopic (exact) mass is 192 g/mol. The van der Waals surface area contributed by atoms with Gasteiger partial charge in [0.2, 0.25) is 5.92 Å². The third kappa shape index (κ3) is 1.42. The van der Waals surface area contributed by atoms with Crippen molar-refractivity contribution < 1.29 is 18.7 Å². The molecule has 0 spiro atoms. The highest BCUT2D eigenvalue weighted by Gasteiger charge is 2.66. The van der Waals surface area contributed by atoms with Gasteiger partial charge in [0.1, 0.15) is 0 Å². The van der Waals surface area contributed by atoms with Crippen LogP contribution in [-0.4, -0.2) is 17.0 Å². The van der Waals surface area contributed by atoms with Crippen molar-refractivity contribution in [3.63, 3.8) is 0 Å². The molecule has 1 fully saturated rings. The van der Waals surface area contributed by atoms with Crippen molar-refractivity contribution in [2.24, 2.45) is 10.8 Å². The molecular weight excluding hydrogens is 178 g/mol. The molecule has 0 aromatic rings. The maximum Gasteiger partial charge on any atom is 0.310 e. The Bertz CT molecular complexity index is 232. The van der Waals surface area contributed by atoms with E-state index in [1.165, 1.54) is 0 Å². The molecule has 0 aromatic carbocycles.